The SMILES string of the molecule is COC(=O)Nc1cccc(NC(=O)c2ccccc2F)c1. The molecule has 2 N–H and O–H groups in total. The summed E-state index contributed by atoms with van der Waals surface area (Å²) in [6, 6.07) is 12.1. The minimum Gasteiger partial charge on any atom is -0.453 e. The summed E-state index contributed by atoms with van der Waals surface area (Å²) in [4.78, 5) is 23.1. The van der Waals surface area contributed by atoms with Crippen LogP contribution < -0.4 is 10.6 Å². The van der Waals surface area contributed by atoms with Gasteiger partial charge in [-0.3, -0.25) is 10.1 Å². The Morgan fingerprint density at radius 3 is 2.33 bits per heavy atom. The van der Waals surface area contributed by atoms with Crippen LogP contribution in [0.1, 0.15) is 10.4 Å². The van der Waals surface area contributed by atoms with Gasteiger partial charge in [0, 0.05) is 11.4 Å². The molecule has 2 amide bonds. The minimum absolute atomic E-state index is 0.0520. The molecule has 108 valence electrons. The average Bonchev–Trinajstić information content (AvgIpc) is 2.47. The summed E-state index contributed by atoms with van der Waals surface area (Å²) in [5.41, 5.74) is 0.828. The van der Waals surface area contributed by atoms with E-state index in [0.717, 1.165) is 0 Å². The van der Waals surface area contributed by atoms with Crippen molar-refractivity contribution in [3.05, 3.63) is 59.9 Å². The summed E-state index contributed by atoms with van der Waals surface area (Å²) in [5, 5.41) is 5.03. The van der Waals surface area contributed by atoms with Crippen LogP contribution in [-0.4, -0.2) is 19.1 Å². The van der Waals surface area contributed by atoms with Crippen LogP contribution in [0.5, 0.6) is 0 Å². The zero-order valence-corrected chi connectivity index (χ0v) is 11.2. The van der Waals surface area contributed by atoms with Gasteiger partial charge in [-0.25, -0.2) is 9.18 Å². The van der Waals surface area contributed by atoms with Crippen LogP contribution >= 0.6 is 0 Å². The number of hydrogen-bond acceptors (Lipinski definition) is 3. The Balaban J connectivity index is 2.13. The Labute approximate surface area is 120 Å². The first-order valence-corrected chi connectivity index (χ1v) is 6.11. The predicted octanol–water partition coefficient (Wildman–Crippen LogP) is 3.26. The molecule has 0 spiro atoms. The first-order valence-electron chi connectivity index (χ1n) is 6.11. The summed E-state index contributed by atoms with van der Waals surface area (Å²) >= 11 is 0. The normalized spacial score (nSPS) is 9.81. The van der Waals surface area contributed by atoms with Crippen LogP contribution in [0, 0.1) is 5.82 Å². The first kappa shape index (κ1) is 14.5. The van der Waals surface area contributed by atoms with Gasteiger partial charge in [0.1, 0.15) is 5.82 Å². The Kier molecular flexibility index (Phi) is 4.50. The van der Waals surface area contributed by atoms with Gasteiger partial charge in [-0.2, -0.15) is 0 Å². The third-order valence-electron chi connectivity index (χ3n) is 2.67. The van der Waals surface area contributed by atoms with E-state index in [1.54, 1.807) is 24.3 Å². The lowest BCUT2D eigenvalue weighted by Gasteiger charge is -2.08. The van der Waals surface area contributed by atoms with Gasteiger partial charge in [-0.15, -0.1) is 0 Å². The van der Waals surface area contributed by atoms with Gasteiger partial charge in [0.25, 0.3) is 5.91 Å². The van der Waals surface area contributed by atoms with Crippen molar-refractivity contribution in [3.8, 4) is 0 Å². The van der Waals surface area contributed by atoms with E-state index in [9.17, 15) is 14.0 Å². The predicted molar refractivity (Wildman–Crippen MR) is 76.8 cm³/mol. The lowest BCUT2D eigenvalue weighted by Crippen LogP contribution is -2.14. The molecule has 0 fully saturated rings. The summed E-state index contributed by atoms with van der Waals surface area (Å²) in [6.45, 7) is 0. The number of ether oxygens (including phenoxy) is 1. The van der Waals surface area contributed by atoms with E-state index in [1.807, 2.05) is 0 Å². The highest BCUT2D eigenvalue weighted by atomic mass is 19.1. The molecule has 0 unspecified atom stereocenters. The molecule has 6 heteroatoms. The van der Waals surface area contributed by atoms with Crippen LogP contribution in [0.15, 0.2) is 48.5 Å². The zero-order chi connectivity index (χ0) is 15.2. The maximum absolute atomic E-state index is 13.5. The molecule has 0 aromatic heterocycles. The fraction of sp³-hybridized carbons (Fsp3) is 0.0667. The second-order valence-electron chi connectivity index (χ2n) is 4.13. The number of carbonyl (C=O) groups is 2. The smallest absolute Gasteiger partial charge is 0.411 e. The molecule has 2 rings (SSSR count). The lowest BCUT2D eigenvalue weighted by molar-refractivity contribution is 0.102. The van der Waals surface area contributed by atoms with Crippen molar-refractivity contribution in [2.75, 3.05) is 17.7 Å². The molecular formula is C15H13FN2O3. The lowest BCUT2D eigenvalue weighted by atomic mass is 10.2. The van der Waals surface area contributed by atoms with Crippen molar-refractivity contribution < 1.29 is 18.7 Å². The van der Waals surface area contributed by atoms with Crippen molar-refractivity contribution >= 4 is 23.4 Å². The van der Waals surface area contributed by atoms with E-state index in [4.69, 9.17) is 0 Å². The van der Waals surface area contributed by atoms with Gasteiger partial charge >= 0.3 is 6.09 Å². The van der Waals surface area contributed by atoms with Gasteiger partial charge in [-0.05, 0) is 30.3 Å². The number of anilines is 2. The first-order chi connectivity index (χ1) is 10.1. The summed E-state index contributed by atoms with van der Waals surface area (Å²) in [6.07, 6.45) is -0.618. The Morgan fingerprint density at radius 2 is 1.67 bits per heavy atom. The standard InChI is InChI=1S/C15H13FN2O3/c1-21-15(20)18-11-6-4-5-10(9-11)17-14(19)12-7-2-3-8-13(12)16/h2-9H,1H3,(H,17,19)(H,18,20). The molecule has 0 bridgehead atoms. The van der Waals surface area contributed by atoms with E-state index in [0.29, 0.717) is 11.4 Å². The highest BCUT2D eigenvalue weighted by Crippen LogP contribution is 2.17. The molecule has 0 saturated carbocycles. The van der Waals surface area contributed by atoms with E-state index >= 15 is 0 Å². The molecule has 5 nitrogen and oxygen atoms in total. The van der Waals surface area contributed by atoms with Crippen molar-refractivity contribution in [2.45, 2.75) is 0 Å². The van der Waals surface area contributed by atoms with Crippen LogP contribution in [0.4, 0.5) is 20.6 Å². The topological polar surface area (TPSA) is 67.4 Å². The molecule has 2 aromatic rings. The number of nitrogens with one attached hydrogen (secondary N) is 2. The van der Waals surface area contributed by atoms with Crippen LogP contribution in [0.3, 0.4) is 0 Å². The van der Waals surface area contributed by atoms with Gasteiger partial charge in [-0.1, -0.05) is 18.2 Å². The highest BCUT2D eigenvalue weighted by Gasteiger charge is 2.11. The monoisotopic (exact) mass is 288 g/mol. The average molecular weight is 288 g/mol. The van der Waals surface area contributed by atoms with Crippen LogP contribution in [0.25, 0.3) is 0 Å². The molecule has 0 saturated heterocycles. The minimum atomic E-state index is -0.618. The fourth-order valence-electron chi connectivity index (χ4n) is 1.69. The molecule has 0 aliphatic rings. The van der Waals surface area contributed by atoms with Gasteiger partial charge in [0.2, 0.25) is 0 Å². The summed E-state index contributed by atoms with van der Waals surface area (Å²) in [7, 11) is 1.25. The summed E-state index contributed by atoms with van der Waals surface area (Å²) in [5.74, 6) is -1.16. The van der Waals surface area contributed by atoms with Crippen molar-refractivity contribution in [1.82, 2.24) is 0 Å². The van der Waals surface area contributed by atoms with Gasteiger partial charge in [0.05, 0.1) is 12.7 Å². The van der Waals surface area contributed by atoms with Crippen molar-refractivity contribution in [2.24, 2.45) is 0 Å². The van der Waals surface area contributed by atoms with Gasteiger partial charge in [0.15, 0.2) is 0 Å². The third kappa shape index (κ3) is 3.79. The number of hydrogen-bond donors (Lipinski definition) is 2. The van der Waals surface area contributed by atoms with Crippen molar-refractivity contribution in [3.63, 3.8) is 0 Å². The second kappa shape index (κ2) is 6.51. The number of amides is 2. The molecular weight excluding hydrogens is 275 g/mol. The van der Waals surface area contributed by atoms with Gasteiger partial charge < -0.3 is 10.1 Å². The number of benzene rings is 2. The molecule has 0 radical (unpaired) electrons. The Bertz CT molecular complexity index is 673. The number of halogens is 1. The van der Waals surface area contributed by atoms with E-state index in [1.165, 1.54) is 31.4 Å². The number of carbonyl (C=O) groups excluding carboxylic acids is 2. The van der Waals surface area contributed by atoms with E-state index in [2.05, 4.69) is 15.4 Å². The Morgan fingerprint density at radius 1 is 1.00 bits per heavy atom. The van der Waals surface area contributed by atoms with Crippen LogP contribution in [-0.2, 0) is 4.74 Å². The summed E-state index contributed by atoms with van der Waals surface area (Å²) < 4.78 is 18.0. The highest BCUT2D eigenvalue weighted by molar-refractivity contribution is 6.04. The van der Waals surface area contributed by atoms with E-state index < -0.39 is 17.8 Å². The molecule has 0 atom stereocenters. The van der Waals surface area contributed by atoms with Crippen LogP contribution in [0.2, 0.25) is 0 Å². The third-order valence-corrected chi connectivity index (χ3v) is 2.67. The molecule has 2 aromatic carbocycles. The molecule has 0 aliphatic carbocycles. The zero-order valence-electron chi connectivity index (χ0n) is 11.2. The Hall–Kier alpha value is -2.89. The maximum atomic E-state index is 13.5. The number of rotatable bonds is 3. The largest absolute Gasteiger partial charge is 0.453 e. The molecule has 0 aliphatic heterocycles. The number of methoxy groups -OCH3 is 1. The maximum Gasteiger partial charge on any atom is 0.411 e. The second-order valence-corrected chi connectivity index (χ2v) is 4.13. The fourth-order valence-corrected chi connectivity index (χ4v) is 1.69. The molecule has 0 heterocycles. The molecule has 21 heavy (non-hydrogen) atoms. The quantitative estimate of drug-likeness (QED) is 0.911. The van der Waals surface area contributed by atoms with E-state index in [-0.39, 0.29) is 5.56 Å². The van der Waals surface area contributed by atoms with Crippen molar-refractivity contribution in [1.29, 1.82) is 0 Å².